The van der Waals surface area contributed by atoms with Gasteiger partial charge in [0.15, 0.2) is 5.78 Å². The van der Waals surface area contributed by atoms with E-state index in [0.29, 0.717) is 0 Å². The topological polar surface area (TPSA) is 118 Å². The van der Waals surface area contributed by atoms with Crippen LogP contribution in [0.5, 0.6) is 0 Å². The zero-order valence-corrected chi connectivity index (χ0v) is 8.74. The first-order valence-corrected chi connectivity index (χ1v) is 4.69. The van der Waals surface area contributed by atoms with Crippen LogP contribution in [0.25, 0.3) is 0 Å². The van der Waals surface area contributed by atoms with Gasteiger partial charge in [-0.25, -0.2) is 0 Å². The van der Waals surface area contributed by atoms with Crippen molar-refractivity contribution >= 4 is 5.78 Å². The molecule has 0 aromatic carbocycles. The van der Waals surface area contributed by atoms with E-state index in [2.05, 4.69) is 0 Å². The van der Waals surface area contributed by atoms with Gasteiger partial charge in [0.25, 0.3) is 0 Å². The molecule has 4 unspecified atom stereocenters. The van der Waals surface area contributed by atoms with E-state index in [1.807, 2.05) is 0 Å². The smallest absolute Gasteiger partial charge is 0.166 e. The zero-order valence-electron chi connectivity index (χ0n) is 8.74. The van der Waals surface area contributed by atoms with Crippen molar-refractivity contribution in [2.75, 3.05) is 6.61 Å². The monoisotopic (exact) mass is 222 g/mol. The zero-order chi connectivity index (χ0) is 12.2. The summed E-state index contributed by atoms with van der Waals surface area (Å²) in [6.07, 6.45) is -6.91. The van der Waals surface area contributed by atoms with Gasteiger partial charge >= 0.3 is 0 Å². The molecule has 0 bridgehead atoms. The van der Waals surface area contributed by atoms with Crippen LogP contribution in [0.1, 0.15) is 13.8 Å². The summed E-state index contributed by atoms with van der Waals surface area (Å²) in [4.78, 5) is 11.2. The highest BCUT2D eigenvalue weighted by atomic mass is 16.4. The van der Waals surface area contributed by atoms with Gasteiger partial charge in [-0.05, 0) is 0 Å². The molecule has 0 aliphatic carbocycles. The molecule has 0 radical (unpaired) electrons. The third-order valence-corrected chi connectivity index (χ3v) is 2.12. The molecule has 6 heteroatoms. The predicted molar refractivity (Wildman–Crippen MR) is 51.0 cm³/mol. The fourth-order valence-electron chi connectivity index (χ4n) is 1.03. The number of carbonyl (C=O) groups is 1. The second-order valence-electron chi connectivity index (χ2n) is 3.73. The van der Waals surface area contributed by atoms with E-state index in [9.17, 15) is 20.1 Å². The Morgan fingerprint density at radius 1 is 1.07 bits per heavy atom. The first kappa shape index (κ1) is 14.5. The van der Waals surface area contributed by atoms with Gasteiger partial charge in [0.05, 0.1) is 6.61 Å². The Morgan fingerprint density at radius 2 is 1.53 bits per heavy atom. The molecule has 0 saturated carbocycles. The van der Waals surface area contributed by atoms with Crippen molar-refractivity contribution in [1.82, 2.24) is 0 Å². The van der Waals surface area contributed by atoms with Gasteiger partial charge in [-0.3, -0.25) is 4.79 Å². The van der Waals surface area contributed by atoms with E-state index in [1.165, 1.54) is 13.8 Å². The SMILES string of the molecule is CC(C)C(=O)C(O)C(O)C(O)C(O)CO. The van der Waals surface area contributed by atoms with Crippen LogP contribution in [0.15, 0.2) is 0 Å². The Hall–Kier alpha value is -0.530. The van der Waals surface area contributed by atoms with Crippen LogP contribution in [0.3, 0.4) is 0 Å². The number of hydrogen-bond donors (Lipinski definition) is 5. The summed E-state index contributed by atoms with van der Waals surface area (Å²) in [6, 6.07) is 0. The average molecular weight is 222 g/mol. The Bertz CT molecular complexity index is 205. The molecule has 4 atom stereocenters. The molecule has 0 aliphatic rings. The van der Waals surface area contributed by atoms with Gasteiger partial charge in [-0.1, -0.05) is 13.8 Å². The van der Waals surface area contributed by atoms with Crippen LogP contribution in [0.4, 0.5) is 0 Å². The lowest BCUT2D eigenvalue weighted by Gasteiger charge is -2.25. The van der Waals surface area contributed by atoms with Crippen molar-refractivity contribution in [3.05, 3.63) is 0 Å². The summed E-state index contributed by atoms with van der Waals surface area (Å²) in [5.41, 5.74) is 0. The molecule has 0 fully saturated rings. The highest BCUT2D eigenvalue weighted by molar-refractivity contribution is 5.85. The minimum Gasteiger partial charge on any atom is -0.394 e. The van der Waals surface area contributed by atoms with Gasteiger partial charge < -0.3 is 25.5 Å². The number of Topliss-reactive ketones (excluding diaryl/α,β-unsaturated/α-hetero) is 1. The first-order chi connectivity index (χ1) is 6.82. The Morgan fingerprint density at radius 3 is 1.87 bits per heavy atom. The van der Waals surface area contributed by atoms with E-state index in [-0.39, 0.29) is 0 Å². The van der Waals surface area contributed by atoms with Crippen LogP contribution in [-0.4, -0.2) is 62.3 Å². The lowest BCUT2D eigenvalue weighted by molar-refractivity contribution is -0.149. The molecular formula is C9H18O6. The summed E-state index contributed by atoms with van der Waals surface area (Å²) < 4.78 is 0. The number of aliphatic hydroxyl groups excluding tert-OH is 5. The molecule has 0 aromatic heterocycles. The van der Waals surface area contributed by atoms with Crippen molar-refractivity contribution in [1.29, 1.82) is 0 Å². The third kappa shape index (κ3) is 3.84. The third-order valence-electron chi connectivity index (χ3n) is 2.12. The maximum Gasteiger partial charge on any atom is 0.166 e. The first-order valence-electron chi connectivity index (χ1n) is 4.69. The summed E-state index contributed by atoms with van der Waals surface area (Å²) in [7, 11) is 0. The van der Waals surface area contributed by atoms with Gasteiger partial charge in [0.2, 0.25) is 0 Å². The summed E-state index contributed by atoms with van der Waals surface area (Å²) in [6.45, 7) is 2.31. The number of carbonyl (C=O) groups excluding carboxylic acids is 1. The fourth-order valence-corrected chi connectivity index (χ4v) is 1.03. The van der Waals surface area contributed by atoms with Crippen LogP contribution in [0, 0.1) is 5.92 Å². The van der Waals surface area contributed by atoms with E-state index < -0.39 is 42.7 Å². The van der Waals surface area contributed by atoms with E-state index in [0.717, 1.165) is 0 Å². The summed E-state index contributed by atoms with van der Waals surface area (Å²) in [5, 5.41) is 45.3. The van der Waals surface area contributed by atoms with Crippen LogP contribution >= 0.6 is 0 Å². The standard InChI is InChI=1S/C9H18O6/c1-4(2)6(12)8(14)9(15)7(13)5(11)3-10/h4-5,7-11,13-15H,3H2,1-2H3. The highest BCUT2D eigenvalue weighted by Gasteiger charge is 2.34. The summed E-state index contributed by atoms with van der Waals surface area (Å²) >= 11 is 0. The van der Waals surface area contributed by atoms with Gasteiger partial charge in [-0.15, -0.1) is 0 Å². The largest absolute Gasteiger partial charge is 0.394 e. The quantitative estimate of drug-likeness (QED) is 0.343. The maximum atomic E-state index is 11.2. The van der Waals surface area contributed by atoms with Gasteiger partial charge in [0.1, 0.15) is 24.4 Å². The molecule has 0 spiro atoms. The number of aliphatic hydroxyl groups is 5. The van der Waals surface area contributed by atoms with Crippen LogP contribution in [0.2, 0.25) is 0 Å². The lowest BCUT2D eigenvalue weighted by atomic mass is 9.95. The predicted octanol–water partition coefficient (Wildman–Crippen LogP) is -2.35. The normalized spacial score (nSPS) is 19.7. The Balaban J connectivity index is 4.43. The van der Waals surface area contributed by atoms with Crippen molar-refractivity contribution < 1.29 is 30.3 Å². The second-order valence-corrected chi connectivity index (χ2v) is 3.73. The molecule has 6 nitrogen and oxygen atoms in total. The van der Waals surface area contributed by atoms with Gasteiger partial charge in [-0.2, -0.15) is 0 Å². The molecule has 0 amide bonds. The lowest BCUT2D eigenvalue weighted by Crippen LogP contribution is -2.49. The molecule has 0 rings (SSSR count). The fraction of sp³-hybridized carbons (Fsp3) is 0.889. The maximum absolute atomic E-state index is 11.2. The van der Waals surface area contributed by atoms with E-state index in [1.54, 1.807) is 0 Å². The average Bonchev–Trinajstić information content (AvgIpc) is 2.23. The van der Waals surface area contributed by atoms with Crippen LogP contribution < -0.4 is 0 Å². The van der Waals surface area contributed by atoms with Crippen molar-refractivity contribution in [2.45, 2.75) is 38.3 Å². The number of rotatable bonds is 6. The van der Waals surface area contributed by atoms with Crippen molar-refractivity contribution in [3.63, 3.8) is 0 Å². The van der Waals surface area contributed by atoms with E-state index in [4.69, 9.17) is 10.2 Å². The number of ketones is 1. The Kier molecular flexibility index (Phi) is 5.92. The highest BCUT2D eigenvalue weighted by Crippen LogP contribution is 2.09. The molecule has 5 N–H and O–H groups in total. The second kappa shape index (κ2) is 6.14. The van der Waals surface area contributed by atoms with Gasteiger partial charge in [0, 0.05) is 5.92 Å². The molecular weight excluding hydrogens is 204 g/mol. The minimum atomic E-state index is -1.80. The molecule has 0 aliphatic heterocycles. The van der Waals surface area contributed by atoms with Crippen molar-refractivity contribution in [2.24, 2.45) is 5.92 Å². The molecule has 0 heterocycles. The molecule has 0 aromatic rings. The molecule has 90 valence electrons. The molecule has 15 heavy (non-hydrogen) atoms. The van der Waals surface area contributed by atoms with Crippen LogP contribution in [-0.2, 0) is 4.79 Å². The Labute approximate surface area is 87.8 Å². The minimum absolute atomic E-state index is 0.492. The summed E-state index contributed by atoms with van der Waals surface area (Å²) in [5.74, 6) is -1.13. The number of hydrogen-bond acceptors (Lipinski definition) is 6. The van der Waals surface area contributed by atoms with Crippen molar-refractivity contribution in [3.8, 4) is 0 Å². The van der Waals surface area contributed by atoms with E-state index >= 15 is 0 Å². The molecule has 0 saturated heterocycles.